The number of urea groups is 1. The Bertz CT molecular complexity index is 920. The molecule has 1 unspecified atom stereocenters. The van der Waals surface area contributed by atoms with E-state index in [1.54, 1.807) is 13.0 Å². The lowest BCUT2D eigenvalue weighted by Crippen LogP contribution is -2.41. The Labute approximate surface area is 176 Å². The van der Waals surface area contributed by atoms with Crippen LogP contribution >= 0.6 is 27.3 Å². The molecular weight excluding hydrogens is 442 g/mol. The number of carbonyl (C=O) groups is 3. The summed E-state index contributed by atoms with van der Waals surface area (Å²) >= 11 is 4.75. The zero-order valence-corrected chi connectivity index (χ0v) is 18.4. The van der Waals surface area contributed by atoms with Gasteiger partial charge in [0.15, 0.2) is 5.54 Å². The van der Waals surface area contributed by atoms with Gasteiger partial charge < -0.3 is 10.6 Å². The molecular formula is C20H22BrN3O3S. The fourth-order valence-corrected chi connectivity index (χ4v) is 4.80. The topological polar surface area (TPSA) is 78.5 Å². The second kappa shape index (κ2) is 8.05. The molecule has 1 aliphatic heterocycles. The van der Waals surface area contributed by atoms with Gasteiger partial charge in [0.05, 0.1) is 3.79 Å². The van der Waals surface area contributed by atoms with Gasteiger partial charge in [0.2, 0.25) is 5.91 Å². The maximum atomic E-state index is 12.9. The minimum Gasteiger partial charge on any atom is -0.324 e. The van der Waals surface area contributed by atoms with E-state index in [4.69, 9.17) is 0 Å². The molecule has 0 spiro atoms. The Balaban J connectivity index is 1.78. The van der Waals surface area contributed by atoms with Crippen molar-refractivity contribution in [3.8, 4) is 0 Å². The number of aryl methyl sites for hydroxylation is 2. The van der Waals surface area contributed by atoms with Crippen LogP contribution in [0.1, 0.15) is 36.8 Å². The van der Waals surface area contributed by atoms with Gasteiger partial charge in [0.25, 0.3) is 5.91 Å². The SMILES string of the molecule is CCc1cccc(CC)c1NC(=O)CN1C(=O)NC(C)(c2ccc(Br)s2)C1=O. The highest BCUT2D eigenvalue weighted by atomic mass is 79.9. The molecule has 0 aliphatic carbocycles. The number of carbonyl (C=O) groups excluding carboxylic acids is 3. The van der Waals surface area contributed by atoms with Gasteiger partial charge in [0, 0.05) is 10.6 Å². The van der Waals surface area contributed by atoms with E-state index in [2.05, 4.69) is 26.6 Å². The van der Waals surface area contributed by atoms with Crippen molar-refractivity contribution in [3.63, 3.8) is 0 Å². The summed E-state index contributed by atoms with van der Waals surface area (Å²) in [4.78, 5) is 39.7. The molecule has 2 N–H and O–H groups in total. The normalized spacial score (nSPS) is 19.1. The van der Waals surface area contributed by atoms with Crippen molar-refractivity contribution in [2.75, 3.05) is 11.9 Å². The van der Waals surface area contributed by atoms with Crippen LogP contribution < -0.4 is 10.6 Å². The summed E-state index contributed by atoms with van der Waals surface area (Å²) in [6.07, 6.45) is 1.55. The monoisotopic (exact) mass is 463 g/mol. The van der Waals surface area contributed by atoms with Crippen molar-refractivity contribution in [2.24, 2.45) is 0 Å². The number of thiophene rings is 1. The van der Waals surface area contributed by atoms with E-state index in [-0.39, 0.29) is 6.54 Å². The van der Waals surface area contributed by atoms with E-state index in [0.717, 1.165) is 38.3 Å². The van der Waals surface area contributed by atoms with Crippen LogP contribution in [0.2, 0.25) is 0 Å². The number of hydrogen-bond acceptors (Lipinski definition) is 4. The maximum absolute atomic E-state index is 12.9. The number of imide groups is 1. The van der Waals surface area contributed by atoms with Crippen molar-refractivity contribution in [1.82, 2.24) is 10.2 Å². The molecule has 1 aromatic carbocycles. The molecule has 0 bridgehead atoms. The third-order valence-electron chi connectivity index (χ3n) is 4.91. The molecule has 1 atom stereocenters. The molecule has 1 aliphatic rings. The van der Waals surface area contributed by atoms with Gasteiger partial charge in [-0.25, -0.2) is 4.79 Å². The Morgan fingerprint density at radius 3 is 2.36 bits per heavy atom. The fourth-order valence-electron chi connectivity index (χ4n) is 3.32. The van der Waals surface area contributed by atoms with Crippen molar-refractivity contribution >= 4 is 50.8 Å². The van der Waals surface area contributed by atoms with Crippen molar-refractivity contribution in [1.29, 1.82) is 0 Å². The molecule has 2 aromatic rings. The molecule has 1 aromatic heterocycles. The lowest BCUT2D eigenvalue weighted by atomic mass is 10.0. The fraction of sp³-hybridized carbons (Fsp3) is 0.350. The molecule has 1 fully saturated rings. The number of nitrogens with zero attached hydrogens (tertiary/aromatic N) is 1. The summed E-state index contributed by atoms with van der Waals surface area (Å²) in [5.74, 6) is -0.822. The number of benzene rings is 1. The second-order valence-electron chi connectivity index (χ2n) is 6.76. The van der Waals surface area contributed by atoms with Gasteiger partial charge in [-0.05, 0) is 59.0 Å². The lowest BCUT2D eigenvalue weighted by Gasteiger charge is -2.20. The zero-order valence-electron chi connectivity index (χ0n) is 16.0. The van der Waals surface area contributed by atoms with Gasteiger partial charge >= 0.3 is 6.03 Å². The van der Waals surface area contributed by atoms with Crippen molar-refractivity contribution in [2.45, 2.75) is 39.2 Å². The van der Waals surface area contributed by atoms with Crippen LogP contribution in [-0.4, -0.2) is 29.3 Å². The Morgan fingerprint density at radius 1 is 1.18 bits per heavy atom. The average Bonchev–Trinajstić information content (AvgIpc) is 3.20. The average molecular weight is 464 g/mol. The van der Waals surface area contributed by atoms with Crippen molar-refractivity contribution < 1.29 is 14.4 Å². The summed E-state index contributed by atoms with van der Waals surface area (Å²) in [7, 11) is 0. The predicted octanol–water partition coefficient (Wildman–Crippen LogP) is 4.04. The van der Waals surface area contributed by atoms with Gasteiger partial charge in [-0.3, -0.25) is 14.5 Å². The molecule has 148 valence electrons. The molecule has 4 amide bonds. The van der Waals surface area contributed by atoms with E-state index in [0.29, 0.717) is 4.88 Å². The third-order valence-corrected chi connectivity index (χ3v) is 6.75. The Hall–Kier alpha value is -2.19. The highest BCUT2D eigenvalue weighted by Crippen LogP contribution is 2.35. The first-order chi connectivity index (χ1) is 13.3. The summed E-state index contributed by atoms with van der Waals surface area (Å²) in [6, 6.07) is 8.96. The number of para-hydroxylation sites is 1. The van der Waals surface area contributed by atoms with Crippen LogP contribution in [0.25, 0.3) is 0 Å². The Kier molecular flexibility index (Phi) is 5.90. The number of anilines is 1. The molecule has 28 heavy (non-hydrogen) atoms. The quantitative estimate of drug-likeness (QED) is 0.634. The zero-order chi connectivity index (χ0) is 20.5. The highest BCUT2D eigenvalue weighted by molar-refractivity contribution is 9.11. The molecule has 0 radical (unpaired) electrons. The first-order valence-electron chi connectivity index (χ1n) is 9.10. The van der Waals surface area contributed by atoms with Gasteiger partial charge in [-0.2, -0.15) is 0 Å². The first kappa shape index (κ1) is 20.5. The van der Waals surface area contributed by atoms with E-state index in [1.807, 2.05) is 38.1 Å². The van der Waals surface area contributed by atoms with E-state index >= 15 is 0 Å². The number of rotatable bonds is 6. The Morgan fingerprint density at radius 2 is 1.82 bits per heavy atom. The number of amides is 4. The molecule has 6 nitrogen and oxygen atoms in total. The van der Waals surface area contributed by atoms with Crippen molar-refractivity contribution in [3.05, 3.63) is 50.1 Å². The van der Waals surface area contributed by atoms with Gasteiger partial charge in [-0.15, -0.1) is 11.3 Å². The highest BCUT2D eigenvalue weighted by Gasteiger charge is 2.50. The van der Waals surface area contributed by atoms with Crippen LogP contribution in [0.4, 0.5) is 10.5 Å². The molecule has 1 saturated heterocycles. The number of halogens is 1. The molecule has 8 heteroatoms. The summed E-state index contributed by atoms with van der Waals surface area (Å²) in [5, 5.41) is 5.62. The van der Waals surface area contributed by atoms with Gasteiger partial charge in [0.1, 0.15) is 6.54 Å². The number of hydrogen-bond donors (Lipinski definition) is 2. The smallest absolute Gasteiger partial charge is 0.324 e. The molecule has 0 saturated carbocycles. The van der Waals surface area contributed by atoms with Crippen LogP contribution in [0.15, 0.2) is 34.1 Å². The third kappa shape index (κ3) is 3.71. The first-order valence-corrected chi connectivity index (χ1v) is 10.7. The van der Waals surface area contributed by atoms with E-state index < -0.39 is 23.4 Å². The predicted molar refractivity (Wildman–Crippen MR) is 113 cm³/mol. The van der Waals surface area contributed by atoms with Gasteiger partial charge in [-0.1, -0.05) is 32.0 Å². The molecule has 3 rings (SSSR count). The standard InChI is InChI=1S/C20H22BrN3O3S/c1-4-12-7-6-8-13(5-2)17(12)22-16(25)11-24-18(26)20(3,23-19(24)27)14-9-10-15(21)28-14/h6-10H,4-5,11H2,1-3H3,(H,22,25)(H,23,27). The van der Waals surface area contributed by atoms with Crippen LogP contribution in [-0.2, 0) is 28.0 Å². The minimum atomic E-state index is -1.16. The molecule has 2 heterocycles. The summed E-state index contributed by atoms with van der Waals surface area (Å²) in [5.41, 5.74) is 1.66. The summed E-state index contributed by atoms with van der Waals surface area (Å²) in [6.45, 7) is 5.37. The minimum absolute atomic E-state index is 0.325. The summed E-state index contributed by atoms with van der Waals surface area (Å²) < 4.78 is 0.866. The second-order valence-corrected chi connectivity index (χ2v) is 9.22. The van der Waals surface area contributed by atoms with Crippen LogP contribution in [0, 0.1) is 0 Å². The largest absolute Gasteiger partial charge is 0.325 e. The number of nitrogens with one attached hydrogen (secondary N) is 2. The van der Waals surface area contributed by atoms with E-state index in [1.165, 1.54) is 11.3 Å². The maximum Gasteiger partial charge on any atom is 0.325 e. The van der Waals surface area contributed by atoms with Crippen LogP contribution in [0.3, 0.4) is 0 Å². The van der Waals surface area contributed by atoms with E-state index in [9.17, 15) is 14.4 Å². The van der Waals surface area contributed by atoms with Crippen LogP contribution in [0.5, 0.6) is 0 Å². The lowest BCUT2D eigenvalue weighted by molar-refractivity contribution is -0.133.